The molecule has 0 atom stereocenters. The van der Waals surface area contributed by atoms with Crippen LogP contribution < -0.4 is 22.3 Å². The summed E-state index contributed by atoms with van der Waals surface area (Å²) in [6.45, 7) is 0. The van der Waals surface area contributed by atoms with Crippen molar-refractivity contribution >= 4 is 22.7 Å². The van der Waals surface area contributed by atoms with Crippen LogP contribution in [0.15, 0.2) is 48.5 Å². The average molecular weight is 214 g/mol. The number of nitrogen functional groups attached to an aromatic ring is 2. The minimum atomic E-state index is 0.614. The number of rotatable bonds is 3. The van der Waals surface area contributed by atoms with Crippen molar-refractivity contribution in [3.63, 3.8) is 0 Å². The van der Waals surface area contributed by atoms with Gasteiger partial charge in [0.15, 0.2) is 0 Å². The predicted octanol–water partition coefficient (Wildman–Crippen LogP) is 2.29. The van der Waals surface area contributed by atoms with E-state index in [0.29, 0.717) is 11.4 Å². The Labute approximate surface area is 94.2 Å². The maximum atomic E-state index is 5.80. The highest BCUT2D eigenvalue weighted by Crippen LogP contribution is 2.21. The van der Waals surface area contributed by atoms with E-state index in [2.05, 4.69) is 10.9 Å². The summed E-state index contributed by atoms with van der Waals surface area (Å²) in [4.78, 5) is 0. The van der Waals surface area contributed by atoms with E-state index in [1.54, 1.807) is 12.1 Å². The molecule has 0 unspecified atom stereocenters. The summed E-state index contributed by atoms with van der Waals surface area (Å²) in [6, 6.07) is 15.1. The first-order valence-corrected chi connectivity index (χ1v) is 4.98. The number of benzene rings is 2. The Morgan fingerprint density at radius 3 is 2.25 bits per heavy atom. The van der Waals surface area contributed by atoms with Gasteiger partial charge < -0.3 is 16.9 Å². The summed E-state index contributed by atoms with van der Waals surface area (Å²) in [5.41, 5.74) is 20.5. The van der Waals surface area contributed by atoms with Crippen LogP contribution in [-0.2, 0) is 0 Å². The van der Waals surface area contributed by atoms with Crippen molar-refractivity contribution in [3.8, 4) is 0 Å². The molecule has 6 N–H and O–H groups in total. The fraction of sp³-hybridized carbons (Fsp3) is 0. The number of hydrazine groups is 1. The first-order chi connectivity index (χ1) is 7.75. The molecule has 0 fully saturated rings. The van der Waals surface area contributed by atoms with Gasteiger partial charge in [0.1, 0.15) is 0 Å². The molecule has 0 bridgehead atoms. The molecule has 4 nitrogen and oxygen atoms in total. The molecule has 0 aliphatic heterocycles. The van der Waals surface area contributed by atoms with E-state index in [9.17, 15) is 0 Å². The molecule has 82 valence electrons. The smallest absolute Gasteiger partial charge is 0.0770 e. The molecule has 0 heterocycles. The zero-order valence-electron chi connectivity index (χ0n) is 8.77. The van der Waals surface area contributed by atoms with Gasteiger partial charge in [-0.15, -0.1) is 0 Å². The highest BCUT2D eigenvalue weighted by molar-refractivity contribution is 5.72. The topological polar surface area (TPSA) is 76.1 Å². The van der Waals surface area contributed by atoms with Crippen molar-refractivity contribution in [2.24, 2.45) is 0 Å². The Bertz CT molecular complexity index is 468. The van der Waals surface area contributed by atoms with Crippen LogP contribution in [0.1, 0.15) is 0 Å². The molecule has 0 radical (unpaired) electrons. The first-order valence-electron chi connectivity index (χ1n) is 4.98. The predicted molar refractivity (Wildman–Crippen MR) is 69.0 cm³/mol. The van der Waals surface area contributed by atoms with Gasteiger partial charge in [-0.05, 0) is 30.3 Å². The van der Waals surface area contributed by atoms with Crippen molar-refractivity contribution in [2.45, 2.75) is 0 Å². The van der Waals surface area contributed by atoms with E-state index in [4.69, 9.17) is 11.5 Å². The Morgan fingerprint density at radius 2 is 1.56 bits per heavy atom. The SMILES string of the molecule is Nc1ccc(NNc2ccccc2)c(N)c1. The van der Waals surface area contributed by atoms with E-state index >= 15 is 0 Å². The molecule has 16 heavy (non-hydrogen) atoms. The fourth-order valence-corrected chi connectivity index (χ4v) is 1.36. The van der Waals surface area contributed by atoms with Crippen molar-refractivity contribution in [1.29, 1.82) is 0 Å². The second-order valence-electron chi connectivity index (χ2n) is 3.46. The lowest BCUT2D eigenvalue weighted by atomic mass is 10.2. The molecule has 0 saturated heterocycles. The van der Waals surface area contributed by atoms with Gasteiger partial charge in [0.25, 0.3) is 0 Å². The minimum Gasteiger partial charge on any atom is -0.399 e. The van der Waals surface area contributed by atoms with Crippen LogP contribution in [-0.4, -0.2) is 0 Å². The minimum absolute atomic E-state index is 0.614. The normalized spacial score (nSPS) is 9.75. The lowest BCUT2D eigenvalue weighted by molar-refractivity contribution is 1.41. The van der Waals surface area contributed by atoms with Gasteiger partial charge in [-0.1, -0.05) is 18.2 Å². The molecule has 0 aromatic heterocycles. The second-order valence-corrected chi connectivity index (χ2v) is 3.46. The average Bonchev–Trinajstić information content (AvgIpc) is 2.29. The summed E-state index contributed by atoms with van der Waals surface area (Å²) in [5, 5.41) is 0. The molecular weight excluding hydrogens is 200 g/mol. The van der Waals surface area contributed by atoms with Crippen molar-refractivity contribution in [1.82, 2.24) is 0 Å². The lowest BCUT2D eigenvalue weighted by Crippen LogP contribution is -2.10. The Hall–Kier alpha value is -2.36. The third-order valence-electron chi connectivity index (χ3n) is 2.19. The second kappa shape index (κ2) is 4.44. The summed E-state index contributed by atoms with van der Waals surface area (Å²) >= 11 is 0. The molecule has 0 amide bonds. The van der Waals surface area contributed by atoms with Crippen LogP contribution in [0.3, 0.4) is 0 Å². The third-order valence-corrected chi connectivity index (χ3v) is 2.19. The summed E-state index contributed by atoms with van der Waals surface area (Å²) < 4.78 is 0. The van der Waals surface area contributed by atoms with Crippen LogP contribution in [0.5, 0.6) is 0 Å². The molecule has 0 spiro atoms. The first kappa shape index (κ1) is 10.2. The molecule has 0 aliphatic rings. The maximum absolute atomic E-state index is 5.80. The van der Waals surface area contributed by atoms with E-state index in [1.165, 1.54) is 0 Å². The Morgan fingerprint density at radius 1 is 0.812 bits per heavy atom. The van der Waals surface area contributed by atoms with Crippen molar-refractivity contribution in [2.75, 3.05) is 22.3 Å². The standard InChI is InChI=1S/C12H14N4/c13-9-6-7-12(11(14)8-9)16-15-10-4-2-1-3-5-10/h1-8,15-16H,13-14H2. The van der Waals surface area contributed by atoms with Gasteiger partial charge in [-0.3, -0.25) is 5.43 Å². The number of para-hydroxylation sites is 1. The van der Waals surface area contributed by atoms with Crippen molar-refractivity contribution < 1.29 is 0 Å². The quantitative estimate of drug-likeness (QED) is 0.467. The Balaban J connectivity index is 2.05. The highest BCUT2D eigenvalue weighted by atomic mass is 15.4. The lowest BCUT2D eigenvalue weighted by Gasteiger charge is -2.11. The molecular formula is C12H14N4. The van der Waals surface area contributed by atoms with Gasteiger partial charge in [0.2, 0.25) is 0 Å². The highest BCUT2D eigenvalue weighted by Gasteiger charge is 1.98. The number of nitrogens with one attached hydrogen (secondary N) is 2. The van der Waals surface area contributed by atoms with Gasteiger partial charge >= 0.3 is 0 Å². The van der Waals surface area contributed by atoms with E-state index < -0.39 is 0 Å². The van der Waals surface area contributed by atoms with Gasteiger partial charge in [0.05, 0.1) is 17.1 Å². The Kier molecular flexibility index (Phi) is 2.82. The molecule has 2 rings (SSSR count). The molecule has 0 aliphatic carbocycles. The van der Waals surface area contributed by atoms with E-state index in [1.807, 2.05) is 36.4 Å². The summed E-state index contributed by atoms with van der Waals surface area (Å²) in [7, 11) is 0. The van der Waals surface area contributed by atoms with Crippen LogP contribution in [0.2, 0.25) is 0 Å². The third kappa shape index (κ3) is 2.36. The molecule has 4 heteroatoms. The number of hydrogen-bond donors (Lipinski definition) is 4. The largest absolute Gasteiger partial charge is 0.399 e. The van der Waals surface area contributed by atoms with E-state index in [0.717, 1.165) is 11.4 Å². The van der Waals surface area contributed by atoms with E-state index in [-0.39, 0.29) is 0 Å². The molecule has 2 aromatic carbocycles. The molecule has 2 aromatic rings. The monoisotopic (exact) mass is 214 g/mol. The number of nitrogens with two attached hydrogens (primary N) is 2. The van der Waals surface area contributed by atoms with Gasteiger partial charge in [0, 0.05) is 5.69 Å². The number of anilines is 4. The summed E-state index contributed by atoms with van der Waals surface area (Å²) in [6.07, 6.45) is 0. The number of hydrogen-bond acceptors (Lipinski definition) is 4. The zero-order valence-corrected chi connectivity index (χ0v) is 8.77. The van der Waals surface area contributed by atoms with Crippen LogP contribution >= 0.6 is 0 Å². The zero-order chi connectivity index (χ0) is 11.4. The van der Waals surface area contributed by atoms with Crippen molar-refractivity contribution in [3.05, 3.63) is 48.5 Å². The van der Waals surface area contributed by atoms with Gasteiger partial charge in [-0.2, -0.15) is 0 Å². The summed E-state index contributed by atoms with van der Waals surface area (Å²) in [5.74, 6) is 0. The fourth-order valence-electron chi connectivity index (χ4n) is 1.36. The van der Waals surface area contributed by atoms with Crippen LogP contribution in [0.4, 0.5) is 22.7 Å². The van der Waals surface area contributed by atoms with Crippen LogP contribution in [0.25, 0.3) is 0 Å². The van der Waals surface area contributed by atoms with Crippen LogP contribution in [0, 0.1) is 0 Å². The molecule has 0 saturated carbocycles. The maximum Gasteiger partial charge on any atom is 0.0770 e. The van der Waals surface area contributed by atoms with Gasteiger partial charge in [-0.25, -0.2) is 0 Å².